The molecular weight excluding hydrogens is 391 g/mol. The Labute approximate surface area is 179 Å². The SMILES string of the molecule is Cc1cc(F)cc(-c2cncc(-c3nc4ccc(C#N)cc4[nH]3)c2N2CC(CN)C2)c1. The van der Waals surface area contributed by atoms with Crippen molar-refractivity contribution in [2.24, 2.45) is 11.7 Å². The van der Waals surface area contributed by atoms with Crippen LogP contribution in [-0.2, 0) is 0 Å². The van der Waals surface area contributed by atoms with Crippen LogP contribution >= 0.6 is 0 Å². The molecule has 0 bridgehead atoms. The Hall–Kier alpha value is -3.76. The Kier molecular flexibility index (Phi) is 4.64. The summed E-state index contributed by atoms with van der Waals surface area (Å²) in [6.45, 7) is 4.16. The maximum Gasteiger partial charge on any atom is 0.142 e. The molecule has 0 saturated carbocycles. The van der Waals surface area contributed by atoms with Gasteiger partial charge < -0.3 is 15.6 Å². The molecule has 2 aromatic carbocycles. The molecule has 0 radical (unpaired) electrons. The number of nitriles is 1. The third-order valence-corrected chi connectivity index (χ3v) is 5.74. The molecule has 5 rings (SSSR count). The first kappa shape index (κ1) is 19.2. The molecule has 0 aliphatic carbocycles. The van der Waals surface area contributed by atoms with Crippen molar-refractivity contribution in [3.63, 3.8) is 0 Å². The molecule has 2 aromatic heterocycles. The third kappa shape index (κ3) is 3.41. The van der Waals surface area contributed by atoms with E-state index >= 15 is 0 Å². The lowest BCUT2D eigenvalue weighted by molar-refractivity contribution is 0.421. The quantitative estimate of drug-likeness (QED) is 0.528. The lowest BCUT2D eigenvalue weighted by Gasteiger charge is -2.42. The van der Waals surface area contributed by atoms with E-state index in [-0.39, 0.29) is 5.82 Å². The highest BCUT2D eigenvalue weighted by Gasteiger charge is 2.30. The number of nitrogens with zero attached hydrogens (tertiary/aromatic N) is 4. The Bertz CT molecular complexity index is 1310. The lowest BCUT2D eigenvalue weighted by atomic mass is 9.94. The van der Waals surface area contributed by atoms with Crippen molar-refractivity contribution >= 4 is 16.7 Å². The number of imidazole rings is 1. The van der Waals surface area contributed by atoms with Crippen LogP contribution in [0.25, 0.3) is 33.5 Å². The number of pyridine rings is 1. The van der Waals surface area contributed by atoms with Gasteiger partial charge in [-0.15, -0.1) is 0 Å². The van der Waals surface area contributed by atoms with E-state index in [2.05, 4.69) is 20.9 Å². The van der Waals surface area contributed by atoms with Gasteiger partial charge in [0.25, 0.3) is 0 Å². The number of benzene rings is 2. The molecule has 0 unspecified atom stereocenters. The first-order chi connectivity index (χ1) is 15.1. The van der Waals surface area contributed by atoms with Crippen molar-refractivity contribution in [1.29, 1.82) is 5.26 Å². The first-order valence-electron chi connectivity index (χ1n) is 10.2. The minimum absolute atomic E-state index is 0.275. The lowest BCUT2D eigenvalue weighted by Crippen LogP contribution is -2.50. The molecule has 3 N–H and O–H groups in total. The van der Waals surface area contributed by atoms with Crippen LogP contribution in [0.2, 0.25) is 0 Å². The molecule has 3 heterocycles. The summed E-state index contributed by atoms with van der Waals surface area (Å²) in [5.74, 6) is 0.818. The number of hydrogen-bond acceptors (Lipinski definition) is 5. The number of hydrogen-bond donors (Lipinski definition) is 2. The van der Waals surface area contributed by atoms with E-state index in [1.807, 2.05) is 19.1 Å². The van der Waals surface area contributed by atoms with Crippen LogP contribution in [0.4, 0.5) is 10.1 Å². The summed E-state index contributed by atoms with van der Waals surface area (Å²) in [6, 6.07) is 12.5. The van der Waals surface area contributed by atoms with E-state index in [9.17, 15) is 9.65 Å². The number of rotatable bonds is 4. The maximum absolute atomic E-state index is 14.2. The van der Waals surface area contributed by atoms with Gasteiger partial charge in [-0.1, -0.05) is 6.07 Å². The van der Waals surface area contributed by atoms with Crippen LogP contribution in [0.3, 0.4) is 0 Å². The number of H-pyrrole nitrogens is 1. The van der Waals surface area contributed by atoms with Crippen molar-refractivity contribution in [3.8, 4) is 28.6 Å². The van der Waals surface area contributed by atoms with E-state index in [1.165, 1.54) is 12.1 Å². The smallest absolute Gasteiger partial charge is 0.142 e. The predicted octanol–water partition coefficient (Wildman–Crippen LogP) is 4.01. The van der Waals surface area contributed by atoms with E-state index < -0.39 is 0 Å². The van der Waals surface area contributed by atoms with Crippen molar-refractivity contribution < 1.29 is 4.39 Å². The van der Waals surface area contributed by atoms with Gasteiger partial charge in [-0.2, -0.15) is 5.26 Å². The molecule has 1 aliphatic heterocycles. The number of halogens is 1. The predicted molar refractivity (Wildman–Crippen MR) is 119 cm³/mol. The largest absolute Gasteiger partial charge is 0.370 e. The van der Waals surface area contributed by atoms with Crippen molar-refractivity contribution in [3.05, 3.63) is 65.7 Å². The highest BCUT2D eigenvalue weighted by Crippen LogP contribution is 2.41. The average Bonchev–Trinajstić information content (AvgIpc) is 3.15. The molecule has 1 aliphatic rings. The number of aromatic amines is 1. The molecule has 0 atom stereocenters. The number of aromatic nitrogens is 3. The zero-order chi connectivity index (χ0) is 21.5. The number of fused-ring (bicyclic) bond motifs is 1. The average molecular weight is 412 g/mol. The molecule has 1 saturated heterocycles. The van der Waals surface area contributed by atoms with Gasteiger partial charge in [0.2, 0.25) is 0 Å². The van der Waals surface area contributed by atoms with Gasteiger partial charge in [-0.05, 0) is 54.9 Å². The fraction of sp³-hybridized carbons (Fsp3) is 0.208. The highest BCUT2D eigenvalue weighted by molar-refractivity contribution is 5.91. The van der Waals surface area contributed by atoms with Gasteiger partial charge in [-0.25, -0.2) is 9.37 Å². The molecule has 6 nitrogen and oxygen atoms in total. The van der Waals surface area contributed by atoms with Gasteiger partial charge >= 0.3 is 0 Å². The topological polar surface area (TPSA) is 94.6 Å². The van der Waals surface area contributed by atoms with Gasteiger partial charge in [0.15, 0.2) is 0 Å². The van der Waals surface area contributed by atoms with Crippen LogP contribution in [0.1, 0.15) is 11.1 Å². The number of nitrogens with two attached hydrogens (primary N) is 1. The van der Waals surface area contributed by atoms with Gasteiger partial charge in [0.1, 0.15) is 11.6 Å². The van der Waals surface area contributed by atoms with Gasteiger partial charge in [0, 0.05) is 37.0 Å². The van der Waals surface area contributed by atoms with Gasteiger partial charge in [0.05, 0.1) is 33.9 Å². The van der Waals surface area contributed by atoms with Crippen LogP contribution in [-0.4, -0.2) is 34.6 Å². The van der Waals surface area contributed by atoms with Crippen molar-refractivity contribution in [2.75, 3.05) is 24.5 Å². The van der Waals surface area contributed by atoms with Crippen LogP contribution in [0.5, 0.6) is 0 Å². The van der Waals surface area contributed by atoms with Crippen molar-refractivity contribution in [2.45, 2.75) is 6.92 Å². The van der Waals surface area contributed by atoms with Crippen molar-refractivity contribution in [1.82, 2.24) is 15.0 Å². The summed E-state index contributed by atoms with van der Waals surface area (Å²) in [5, 5.41) is 9.19. The summed E-state index contributed by atoms with van der Waals surface area (Å²) in [4.78, 5) is 14.8. The summed E-state index contributed by atoms with van der Waals surface area (Å²) in [6.07, 6.45) is 3.56. The first-order valence-corrected chi connectivity index (χ1v) is 10.2. The van der Waals surface area contributed by atoms with Crippen LogP contribution in [0.15, 0.2) is 48.8 Å². The van der Waals surface area contributed by atoms with Crippen LogP contribution < -0.4 is 10.6 Å². The summed E-state index contributed by atoms with van der Waals surface area (Å²) < 4.78 is 14.2. The third-order valence-electron chi connectivity index (χ3n) is 5.74. The minimum atomic E-state index is -0.275. The molecule has 31 heavy (non-hydrogen) atoms. The monoisotopic (exact) mass is 412 g/mol. The Morgan fingerprint density at radius 3 is 2.74 bits per heavy atom. The fourth-order valence-corrected chi connectivity index (χ4v) is 4.18. The molecule has 154 valence electrons. The Morgan fingerprint density at radius 2 is 2.00 bits per heavy atom. The molecule has 0 spiro atoms. The summed E-state index contributed by atoms with van der Waals surface area (Å²) >= 11 is 0. The minimum Gasteiger partial charge on any atom is -0.370 e. The van der Waals surface area contributed by atoms with E-state index in [0.29, 0.717) is 23.9 Å². The summed E-state index contributed by atoms with van der Waals surface area (Å²) in [5.41, 5.74) is 12.3. The number of anilines is 1. The maximum atomic E-state index is 14.2. The molecular formula is C24H21FN6. The Morgan fingerprint density at radius 1 is 1.19 bits per heavy atom. The second-order valence-electron chi connectivity index (χ2n) is 8.04. The second kappa shape index (κ2) is 7.49. The number of nitrogens with one attached hydrogen (secondary N) is 1. The van der Waals surface area contributed by atoms with E-state index in [1.54, 1.807) is 24.5 Å². The highest BCUT2D eigenvalue weighted by atomic mass is 19.1. The molecule has 0 amide bonds. The fourth-order valence-electron chi connectivity index (χ4n) is 4.18. The van der Waals surface area contributed by atoms with E-state index in [0.717, 1.165) is 52.1 Å². The van der Waals surface area contributed by atoms with Crippen LogP contribution in [0, 0.1) is 30.0 Å². The van der Waals surface area contributed by atoms with E-state index in [4.69, 9.17) is 10.7 Å². The summed E-state index contributed by atoms with van der Waals surface area (Å²) in [7, 11) is 0. The number of aryl methyl sites for hydroxylation is 1. The standard InChI is InChI=1S/C24H21FN6/c1-14-4-17(7-18(25)5-14)19-10-28-11-20(23(19)31-12-16(9-27)13-31)24-29-21-3-2-15(8-26)6-22(21)30-24/h2-7,10-11,16H,9,12-13,27H2,1H3,(H,29,30). The Balaban J connectivity index is 1.69. The zero-order valence-electron chi connectivity index (χ0n) is 17.1. The second-order valence-corrected chi connectivity index (χ2v) is 8.04. The van der Waals surface area contributed by atoms with Gasteiger partial charge in [-0.3, -0.25) is 4.98 Å². The normalized spacial score (nSPS) is 13.9. The zero-order valence-corrected chi connectivity index (χ0v) is 17.1. The molecule has 4 aromatic rings. The molecule has 1 fully saturated rings. The molecule has 7 heteroatoms.